The van der Waals surface area contributed by atoms with Gasteiger partial charge in [-0.2, -0.15) is 13.2 Å². The molecule has 1 spiro atoms. The van der Waals surface area contributed by atoms with Gasteiger partial charge in [-0.25, -0.2) is 0 Å². The van der Waals surface area contributed by atoms with E-state index in [9.17, 15) is 22.8 Å². The van der Waals surface area contributed by atoms with E-state index in [1.54, 1.807) is 12.1 Å². The summed E-state index contributed by atoms with van der Waals surface area (Å²) in [6.45, 7) is 1.82. The Kier molecular flexibility index (Phi) is 3.47. The third-order valence-corrected chi connectivity index (χ3v) is 6.90. The maximum atomic E-state index is 12.7. The van der Waals surface area contributed by atoms with E-state index in [0.717, 1.165) is 30.5 Å². The molecule has 4 nitrogen and oxygen atoms in total. The quantitative estimate of drug-likeness (QED) is 0.742. The highest BCUT2D eigenvalue weighted by Gasteiger charge is 2.59. The molecule has 7 heteroatoms. The smallest absolute Gasteiger partial charge is 0.416 e. The van der Waals surface area contributed by atoms with Crippen molar-refractivity contribution in [3.63, 3.8) is 0 Å². The molecule has 0 aromatic heterocycles. The third kappa shape index (κ3) is 2.74. The molecule has 3 atom stereocenters. The second kappa shape index (κ2) is 5.49. The molecule has 2 aliphatic heterocycles. The average Bonchev–Trinajstić information content (AvgIpc) is 2.93. The van der Waals surface area contributed by atoms with Crippen LogP contribution >= 0.6 is 0 Å². The van der Waals surface area contributed by atoms with E-state index in [2.05, 4.69) is 0 Å². The Morgan fingerprint density at radius 1 is 1.11 bits per heavy atom. The Bertz CT molecular complexity index is 786. The zero-order valence-electron chi connectivity index (χ0n) is 14.7. The molecule has 2 saturated carbocycles. The number of hydrogen-bond acceptors (Lipinski definition) is 3. The number of likely N-dealkylation sites (tertiary alicyclic amines) is 1. The number of carbonyl (C=O) groups excluding carboxylic acids is 2. The molecule has 1 aromatic rings. The Hall–Kier alpha value is -2.05. The molecule has 1 aromatic carbocycles. The van der Waals surface area contributed by atoms with Crippen LogP contribution in [0.5, 0.6) is 0 Å². The molecule has 2 saturated heterocycles. The normalized spacial score (nSPS) is 37.1. The average molecular weight is 379 g/mol. The van der Waals surface area contributed by atoms with Crippen LogP contribution in [0.2, 0.25) is 0 Å². The second-order valence-corrected chi connectivity index (χ2v) is 8.66. The number of nitrogens with zero attached hydrogens (tertiary/aromatic N) is 1. The van der Waals surface area contributed by atoms with E-state index in [-0.39, 0.29) is 29.1 Å². The van der Waals surface area contributed by atoms with Gasteiger partial charge in [-0.15, -0.1) is 0 Å². The SMILES string of the molecule is O=C1CC2(CO1)CC(C(=O)N1C[C@@H]3C(c4ccc(C(F)(F)F)cc4)[C@@H]3C1)C2. The standard InChI is InChI=1S/C20H20F3NO3/c21-20(22,23)13-3-1-11(2-4-13)17-14-8-24(9-15(14)17)18(26)12-5-19(6-12)7-16(25)27-10-19/h1-4,12,14-15,17H,5-10H2/t12?,14-,15+,17?,19?. The summed E-state index contributed by atoms with van der Waals surface area (Å²) in [5.74, 6) is 0.972. The largest absolute Gasteiger partial charge is 0.465 e. The number of rotatable bonds is 2. The van der Waals surface area contributed by atoms with Crippen LogP contribution in [-0.4, -0.2) is 36.5 Å². The van der Waals surface area contributed by atoms with Gasteiger partial charge in [0.05, 0.1) is 18.6 Å². The maximum absolute atomic E-state index is 12.7. The Balaban J connectivity index is 1.16. The molecule has 2 heterocycles. The van der Waals surface area contributed by atoms with Crippen molar-refractivity contribution in [3.8, 4) is 0 Å². The molecule has 2 aliphatic carbocycles. The van der Waals surface area contributed by atoms with Crippen molar-refractivity contribution in [1.29, 1.82) is 0 Å². The summed E-state index contributed by atoms with van der Waals surface area (Å²) in [6, 6.07) is 5.44. The second-order valence-electron chi connectivity index (χ2n) is 8.66. The lowest BCUT2D eigenvalue weighted by molar-refractivity contribution is -0.143. The minimum absolute atomic E-state index is 0.0125. The van der Waals surface area contributed by atoms with Crippen molar-refractivity contribution < 1.29 is 27.5 Å². The summed E-state index contributed by atoms with van der Waals surface area (Å²) < 4.78 is 43.1. The molecule has 4 fully saturated rings. The van der Waals surface area contributed by atoms with Crippen molar-refractivity contribution in [1.82, 2.24) is 4.90 Å². The monoisotopic (exact) mass is 379 g/mol. The number of fused-ring (bicyclic) bond motifs is 1. The molecule has 1 unspecified atom stereocenters. The van der Waals surface area contributed by atoms with Crippen LogP contribution in [0.25, 0.3) is 0 Å². The van der Waals surface area contributed by atoms with E-state index >= 15 is 0 Å². The first kappa shape index (κ1) is 17.1. The van der Waals surface area contributed by atoms with Crippen LogP contribution < -0.4 is 0 Å². The minimum Gasteiger partial charge on any atom is -0.465 e. The third-order valence-electron chi connectivity index (χ3n) is 6.90. The first-order valence-electron chi connectivity index (χ1n) is 9.37. The van der Waals surface area contributed by atoms with E-state index in [4.69, 9.17) is 4.74 Å². The van der Waals surface area contributed by atoms with Gasteiger partial charge in [0, 0.05) is 24.4 Å². The van der Waals surface area contributed by atoms with Gasteiger partial charge in [0.1, 0.15) is 0 Å². The number of ether oxygens (including phenoxy) is 1. The predicted octanol–water partition coefficient (Wildman–Crippen LogP) is 3.22. The van der Waals surface area contributed by atoms with Gasteiger partial charge in [-0.05, 0) is 48.3 Å². The molecular formula is C20H20F3NO3. The number of amides is 1. The number of esters is 1. The number of hydrogen-bond donors (Lipinski definition) is 0. The lowest BCUT2D eigenvalue weighted by atomic mass is 9.61. The fourth-order valence-corrected chi connectivity index (χ4v) is 5.42. The Morgan fingerprint density at radius 3 is 2.26 bits per heavy atom. The van der Waals surface area contributed by atoms with Crippen LogP contribution in [0.4, 0.5) is 13.2 Å². The van der Waals surface area contributed by atoms with Gasteiger partial charge < -0.3 is 9.64 Å². The highest BCUT2D eigenvalue weighted by molar-refractivity contribution is 5.82. The summed E-state index contributed by atoms with van der Waals surface area (Å²) in [7, 11) is 0. The summed E-state index contributed by atoms with van der Waals surface area (Å²) >= 11 is 0. The van der Waals surface area contributed by atoms with Gasteiger partial charge >= 0.3 is 12.1 Å². The summed E-state index contributed by atoms with van der Waals surface area (Å²) in [6.07, 6.45) is -2.42. The van der Waals surface area contributed by atoms with Crippen molar-refractivity contribution in [3.05, 3.63) is 35.4 Å². The summed E-state index contributed by atoms with van der Waals surface area (Å²) in [5.41, 5.74) is 0.208. The zero-order chi connectivity index (χ0) is 19.0. The number of piperidine rings is 1. The van der Waals surface area contributed by atoms with Crippen molar-refractivity contribution in [2.45, 2.75) is 31.4 Å². The maximum Gasteiger partial charge on any atom is 0.416 e. The van der Waals surface area contributed by atoms with Crippen molar-refractivity contribution in [2.75, 3.05) is 19.7 Å². The van der Waals surface area contributed by atoms with Crippen LogP contribution in [0, 0.1) is 23.2 Å². The molecule has 27 heavy (non-hydrogen) atoms. The van der Waals surface area contributed by atoms with Crippen LogP contribution in [0.1, 0.15) is 36.3 Å². The fraction of sp³-hybridized carbons (Fsp3) is 0.600. The minimum atomic E-state index is -4.31. The first-order valence-corrected chi connectivity index (χ1v) is 9.37. The molecular weight excluding hydrogens is 359 g/mol. The molecule has 0 bridgehead atoms. The number of carbonyl (C=O) groups is 2. The number of cyclic esters (lactones) is 1. The van der Waals surface area contributed by atoms with E-state index in [1.165, 1.54) is 0 Å². The Morgan fingerprint density at radius 2 is 1.74 bits per heavy atom. The Labute approximate surface area is 154 Å². The molecule has 4 aliphatic rings. The van der Waals surface area contributed by atoms with Gasteiger partial charge in [0.25, 0.3) is 0 Å². The van der Waals surface area contributed by atoms with Gasteiger partial charge in [0.2, 0.25) is 5.91 Å². The zero-order valence-corrected chi connectivity index (χ0v) is 14.7. The molecule has 0 radical (unpaired) electrons. The van der Waals surface area contributed by atoms with E-state index in [1.807, 2.05) is 4.90 Å². The van der Waals surface area contributed by atoms with Crippen LogP contribution in [0.15, 0.2) is 24.3 Å². The lowest BCUT2D eigenvalue weighted by Gasteiger charge is -2.43. The van der Waals surface area contributed by atoms with Crippen LogP contribution in [-0.2, 0) is 20.5 Å². The molecule has 0 N–H and O–H groups in total. The summed E-state index contributed by atoms with van der Waals surface area (Å²) in [5, 5.41) is 0. The van der Waals surface area contributed by atoms with E-state index in [0.29, 0.717) is 38.0 Å². The van der Waals surface area contributed by atoms with E-state index < -0.39 is 11.7 Å². The lowest BCUT2D eigenvalue weighted by Crippen LogP contribution is -2.47. The number of halogens is 3. The predicted molar refractivity (Wildman–Crippen MR) is 88.5 cm³/mol. The molecule has 1 amide bonds. The topological polar surface area (TPSA) is 46.6 Å². The van der Waals surface area contributed by atoms with Gasteiger partial charge in [0.15, 0.2) is 0 Å². The first-order chi connectivity index (χ1) is 12.8. The fourth-order valence-electron chi connectivity index (χ4n) is 5.42. The molecule has 5 rings (SSSR count). The van der Waals surface area contributed by atoms with Crippen molar-refractivity contribution in [2.24, 2.45) is 23.2 Å². The summed E-state index contributed by atoms with van der Waals surface area (Å²) in [4.78, 5) is 25.9. The highest BCUT2D eigenvalue weighted by atomic mass is 19.4. The van der Waals surface area contributed by atoms with Gasteiger partial charge in [-0.3, -0.25) is 9.59 Å². The van der Waals surface area contributed by atoms with Crippen LogP contribution in [0.3, 0.4) is 0 Å². The highest BCUT2D eigenvalue weighted by Crippen LogP contribution is 2.59. The number of alkyl halides is 3. The number of benzene rings is 1. The van der Waals surface area contributed by atoms with Gasteiger partial charge in [-0.1, -0.05) is 12.1 Å². The van der Waals surface area contributed by atoms with Crippen molar-refractivity contribution >= 4 is 11.9 Å². The molecule has 144 valence electrons.